The number of halogens is 1. The standard InChI is InChI=1S/C31H27ClN2O3S.C4H10O/c1-18-26(16-27(35)36)28(20-9-11-23(32)12-10-20)19(2)29-25-14-13-24(15-22(25)17-34(38-3)30(18)29)33-31(37)21-7-5-4-6-8-21;1-4(2,3)5/h4-15H,16-17H2,1-3H3,(H,33,37)(H,35,36);5H,1-3H3. The Kier molecular flexibility index (Phi) is 9.90. The van der Waals surface area contributed by atoms with Gasteiger partial charge in [0, 0.05) is 28.1 Å². The Balaban J connectivity index is 0.000000782. The summed E-state index contributed by atoms with van der Waals surface area (Å²) in [5, 5.41) is 22.0. The molecule has 1 aliphatic rings. The molecule has 0 saturated carbocycles. The van der Waals surface area contributed by atoms with Crippen LogP contribution in [0, 0.1) is 13.8 Å². The fourth-order valence-electron chi connectivity index (χ4n) is 5.30. The van der Waals surface area contributed by atoms with Crippen LogP contribution in [0.25, 0.3) is 22.3 Å². The highest BCUT2D eigenvalue weighted by molar-refractivity contribution is 7.99. The highest BCUT2D eigenvalue weighted by Gasteiger charge is 2.30. The lowest BCUT2D eigenvalue weighted by Gasteiger charge is -2.36. The second-order valence-electron chi connectivity index (χ2n) is 11.5. The second kappa shape index (κ2) is 13.2. The van der Waals surface area contributed by atoms with Gasteiger partial charge in [0.15, 0.2) is 0 Å². The van der Waals surface area contributed by atoms with Crippen molar-refractivity contribution in [1.82, 2.24) is 0 Å². The topological polar surface area (TPSA) is 89.9 Å². The van der Waals surface area contributed by atoms with E-state index >= 15 is 0 Å². The summed E-state index contributed by atoms with van der Waals surface area (Å²) in [5.41, 5.74) is 9.78. The van der Waals surface area contributed by atoms with Crippen LogP contribution in [0.2, 0.25) is 5.02 Å². The number of nitrogens with one attached hydrogen (secondary N) is 1. The lowest BCUT2D eigenvalue weighted by Crippen LogP contribution is -2.23. The Morgan fingerprint density at radius 2 is 1.58 bits per heavy atom. The van der Waals surface area contributed by atoms with E-state index in [9.17, 15) is 14.7 Å². The summed E-state index contributed by atoms with van der Waals surface area (Å²) in [7, 11) is 0. The summed E-state index contributed by atoms with van der Waals surface area (Å²) in [5.74, 6) is -1.02. The molecule has 6 nitrogen and oxygen atoms in total. The molecular formula is C35H37ClN2O4S. The van der Waals surface area contributed by atoms with E-state index in [1.54, 1.807) is 44.9 Å². The molecule has 1 heterocycles. The van der Waals surface area contributed by atoms with Gasteiger partial charge in [0.1, 0.15) is 0 Å². The second-order valence-corrected chi connectivity index (χ2v) is 12.7. The summed E-state index contributed by atoms with van der Waals surface area (Å²) in [6, 6.07) is 22.7. The molecule has 1 aliphatic heterocycles. The maximum atomic E-state index is 12.8. The molecule has 0 atom stereocenters. The number of nitrogens with zero attached hydrogens (tertiary/aromatic N) is 1. The van der Waals surface area contributed by atoms with Gasteiger partial charge >= 0.3 is 5.97 Å². The number of carbonyl (C=O) groups is 2. The molecule has 5 rings (SSSR count). The number of aliphatic carboxylic acids is 1. The van der Waals surface area contributed by atoms with Crippen LogP contribution < -0.4 is 9.62 Å². The maximum Gasteiger partial charge on any atom is 0.307 e. The molecule has 0 unspecified atom stereocenters. The molecule has 0 aromatic heterocycles. The number of benzene rings is 4. The molecule has 1 amide bonds. The third-order valence-corrected chi connectivity index (χ3v) is 8.01. The summed E-state index contributed by atoms with van der Waals surface area (Å²) in [6.45, 7) is 9.93. The van der Waals surface area contributed by atoms with Crippen molar-refractivity contribution >= 4 is 46.8 Å². The molecule has 0 fully saturated rings. The Labute approximate surface area is 262 Å². The maximum absolute atomic E-state index is 12.8. The normalized spacial score (nSPS) is 12.0. The van der Waals surface area contributed by atoms with Crippen LogP contribution in [-0.2, 0) is 17.8 Å². The van der Waals surface area contributed by atoms with Crippen molar-refractivity contribution in [2.75, 3.05) is 15.9 Å². The number of fused-ring (bicyclic) bond motifs is 3. The van der Waals surface area contributed by atoms with Gasteiger partial charge in [0.05, 0.1) is 24.3 Å². The number of rotatable bonds is 6. The fraction of sp³-hybridized carbons (Fsp3) is 0.257. The number of aliphatic hydroxyl groups is 1. The van der Waals surface area contributed by atoms with Gasteiger partial charge in [-0.3, -0.25) is 9.59 Å². The van der Waals surface area contributed by atoms with Gasteiger partial charge in [-0.2, -0.15) is 0 Å². The Bertz CT molecular complexity index is 1640. The number of amides is 1. The van der Waals surface area contributed by atoms with Crippen LogP contribution in [-0.4, -0.2) is 33.9 Å². The minimum absolute atomic E-state index is 0.0720. The van der Waals surface area contributed by atoms with E-state index in [0.717, 1.165) is 55.9 Å². The first-order valence-corrected chi connectivity index (χ1v) is 15.5. The van der Waals surface area contributed by atoms with Gasteiger partial charge in [-0.25, -0.2) is 0 Å². The lowest BCUT2D eigenvalue weighted by molar-refractivity contribution is -0.136. The van der Waals surface area contributed by atoms with E-state index < -0.39 is 11.6 Å². The third-order valence-electron chi connectivity index (χ3n) is 7.01. The predicted molar refractivity (Wildman–Crippen MR) is 179 cm³/mol. The third kappa shape index (κ3) is 7.60. The molecule has 4 aromatic carbocycles. The van der Waals surface area contributed by atoms with Crippen LogP contribution in [0.4, 0.5) is 11.4 Å². The number of hydrogen-bond acceptors (Lipinski definition) is 5. The Hall–Kier alpha value is -3.78. The van der Waals surface area contributed by atoms with Crippen molar-refractivity contribution in [1.29, 1.82) is 0 Å². The average Bonchev–Trinajstić information content (AvgIpc) is 2.95. The van der Waals surface area contributed by atoms with Crippen molar-refractivity contribution < 1.29 is 19.8 Å². The van der Waals surface area contributed by atoms with E-state index in [4.69, 9.17) is 16.7 Å². The summed E-state index contributed by atoms with van der Waals surface area (Å²) < 4.78 is 2.21. The van der Waals surface area contributed by atoms with Gasteiger partial charge in [-0.05, 0) is 110 Å². The minimum Gasteiger partial charge on any atom is -0.481 e. The largest absolute Gasteiger partial charge is 0.481 e. The van der Waals surface area contributed by atoms with Crippen molar-refractivity contribution in [2.24, 2.45) is 0 Å². The molecule has 0 spiro atoms. The SMILES string of the molecule is CC(C)(C)O.CSN1Cc2cc(NC(=O)c3ccccc3)ccc2-c2c(C)c(-c3ccc(Cl)cc3)c(CC(=O)O)c(C)c21. The predicted octanol–water partition coefficient (Wildman–Crippen LogP) is 8.55. The number of hydrogen-bond donors (Lipinski definition) is 3. The van der Waals surface area contributed by atoms with E-state index in [1.807, 2.05) is 67.8 Å². The molecular weight excluding hydrogens is 580 g/mol. The minimum atomic E-state index is -0.867. The monoisotopic (exact) mass is 616 g/mol. The lowest BCUT2D eigenvalue weighted by atomic mass is 9.81. The van der Waals surface area contributed by atoms with E-state index in [0.29, 0.717) is 17.1 Å². The van der Waals surface area contributed by atoms with Crippen LogP contribution in [0.3, 0.4) is 0 Å². The quantitative estimate of drug-likeness (QED) is 0.188. The summed E-state index contributed by atoms with van der Waals surface area (Å²) >= 11 is 7.77. The highest BCUT2D eigenvalue weighted by atomic mass is 35.5. The van der Waals surface area contributed by atoms with E-state index in [-0.39, 0.29) is 12.3 Å². The number of carbonyl (C=O) groups excluding carboxylic acids is 1. The van der Waals surface area contributed by atoms with Crippen molar-refractivity contribution in [3.63, 3.8) is 0 Å². The van der Waals surface area contributed by atoms with Gasteiger partial charge < -0.3 is 19.8 Å². The molecule has 8 heteroatoms. The van der Waals surface area contributed by atoms with Crippen LogP contribution in [0.15, 0.2) is 72.8 Å². The van der Waals surface area contributed by atoms with Gasteiger partial charge in [0.2, 0.25) is 0 Å². The molecule has 4 aromatic rings. The number of anilines is 2. The summed E-state index contributed by atoms with van der Waals surface area (Å²) in [4.78, 5) is 24.7. The Morgan fingerprint density at radius 3 is 2.16 bits per heavy atom. The van der Waals surface area contributed by atoms with Crippen LogP contribution in [0.1, 0.15) is 53.4 Å². The average molecular weight is 617 g/mol. The molecule has 3 N–H and O–H groups in total. The van der Waals surface area contributed by atoms with Gasteiger partial charge in [0.25, 0.3) is 5.91 Å². The molecule has 224 valence electrons. The van der Waals surface area contributed by atoms with Gasteiger partial charge in [-0.1, -0.05) is 59.9 Å². The van der Waals surface area contributed by atoms with Crippen molar-refractivity contribution in [2.45, 2.75) is 53.2 Å². The first-order valence-electron chi connectivity index (χ1n) is 14.0. The molecule has 0 aliphatic carbocycles. The van der Waals surface area contributed by atoms with E-state index in [2.05, 4.69) is 22.6 Å². The zero-order valence-electron chi connectivity index (χ0n) is 25.3. The van der Waals surface area contributed by atoms with Crippen molar-refractivity contribution in [3.8, 4) is 22.3 Å². The van der Waals surface area contributed by atoms with Crippen molar-refractivity contribution in [3.05, 3.63) is 106 Å². The highest BCUT2D eigenvalue weighted by Crippen LogP contribution is 2.50. The summed E-state index contributed by atoms with van der Waals surface area (Å²) in [6.07, 6.45) is 1.95. The van der Waals surface area contributed by atoms with Crippen LogP contribution in [0.5, 0.6) is 0 Å². The molecule has 0 saturated heterocycles. The molecule has 43 heavy (non-hydrogen) atoms. The first-order chi connectivity index (χ1) is 20.3. The molecule has 0 bridgehead atoms. The fourth-order valence-corrected chi connectivity index (χ4v) is 6.10. The smallest absolute Gasteiger partial charge is 0.307 e. The first kappa shape index (κ1) is 32.1. The van der Waals surface area contributed by atoms with Crippen LogP contribution >= 0.6 is 23.5 Å². The number of carboxylic acids is 1. The van der Waals surface area contributed by atoms with E-state index in [1.165, 1.54) is 0 Å². The Morgan fingerprint density at radius 1 is 0.953 bits per heavy atom. The molecule has 0 radical (unpaired) electrons. The zero-order valence-corrected chi connectivity index (χ0v) is 26.9. The number of carboxylic acid groups (broad SMARTS) is 1. The zero-order chi connectivity index (χ0) is 31.5. The van der Waals surface area contributed by atoms with Gasteiger partial charge in [-0.15, -0.1) is 0 Å².